The maximum atomic E-state index is 12.5. The first-order valence-corrected chi connectivity index (χ1v) is 10.3. The van der Waals surface area contributed by atoms with Gasteiger partial charge in [0.05, 0.1) is 6.54 Å². The SMILES string of the molecule is CCCc1ccc([C@@H](NCc2nc3c(oc4ccccc43)c(=O)[nH]2)C(C)C)cc1. The highest BCUT2D eigenvalue weighted by molar-refractivity contribution is 6.01. The largest absolute Gasteiger partial charge is 0.449 e. The minimum Gasteiger partial charge on any atom is -0.449 e. The van der Waals surface area contributed by atoms with Crippen LogP contribution in [0.3, 0.4) is 0 Å². The fourth-order valence-corrected chi connectivity index (χ4v) is 3.86. The number of aromatic amines is 1. The van der Waals surface area contributed by atoms with E-state index in [1.54, 1.807) is 0 Å². The smallest absolute Gasteiger partial charge is 0.294 e. The molecule has 0 fully saturated rings. The molecule has 5 nitrogen and oxygen atoms in total. The molecule has 2 aromatic heterocycles. The number of furan rings is 1. The number of hydrogen-bond donors (Lipinski definition) is 2. The third-order valence-electron chi connectivity index (χ3n) is 5.31. The van der Waals surface area contributed by atoms with Gasteiger partial charge in [0.15, 0.2) is 0 Å². The minimum atomic E-state index is -0.243. The van der Waals surface area contributed by atoms with Crippen LogP contribution in [0.2, 0.25) is 0 Å². The highest BCUT2D eigenvalue weighted by Gasteiger charge is 2.17. The highest BCUT2D eigenvalue weighted by Crippen LogP contribution is 2.25. The van der Waals surface area contributed by atoms with E-state index < -0.39 is 0 Å². The van der Waals surface area contributed by atoms with Gasteiger partial charge in [-0.2, -0.15) is 0 Å². The molecule has 0 unspecified atom stereocenters. The Labute approximate surface area is 170 Å². The number of aryl methyl sites for hydroxylation is 1. The van der Waals surface area contributed by atoms with Crippen molar-refractivity contribution < 1.29 is 4.42 Å². The van der Waals surface area contributed by atoms with E-state index >= 15 is 0 Å². The molecule has 4 rings (SSSR count). The Bertz CT molecular complexity index is 1170. The third-order valence-corrected chi connectivity index (χ3v) is 5.31. The highest BCUT2D eigenvalue weighted by atomic mass is 16.3. The molecule has 1 atom stereocenters. The van der Waals surface area contributed by atoms with E-state index in [0.717, 1.165) is 18.2 Å². The molecule has 0 bridgehead atoms. The summed E-state index contributed by atoms with van der Waals surface area (Å²) in [6.07, 6.45) is 2.25. The van der Waals surface area contributed by atoms with E-state index in [9.17, 15) is 4.79 Å². The van der Waals surface area contributed by atoms with Crippen molar-refractivity contribution in [2.24, 2.45) is 5.92 Å². The van der Waals surface area contributed by atoms with Crippen molar-refractivity contribution in [3.8, 4) is 0 Å². The monoisotopic (exact) mass is 389 g/mol. The van der Waals surface area contributed by atoms with Crippen molar-refractivity contribution in [1.29, 1.82) is 0 Å². The van der Waals surface area contributed by atoms with Crippen LogP contribution in [0.1, 0.15) is 50.2 Å². The maximum absolute atomic E-state index is 12.5. The van der Waals surface area contributed by atoms with Crippen LogP contribution < -0.4 is 10.9 Å². The number of benzene rings is 2. The van der Waals surface area contributed by atoms with Crippen molar-refractivity contribution in [3.63, 3.8) is 0 Å². The molecule has 0 aliphatic heterocycles. The van der Waals surface area contributed by atoms with Crippen LogP contribution in [0.4, 0.5) is 0 Å². The molecule has 150 valence electrons. The number of fused-ring (bicyclic) bond motifs is 3. The summed E-state index contributed by atoms with van der Waals surface area (Å²) in [4.78, 5) is 20.0. The third kappa shape index (κ3) is 3.96. The molecule has 2 aromatic carbocycles. The summed E-state index contributed by atoms with van der Waals surface area (Å²) in [6.45, 7) is 7.06. The summed E-state index contributed by atoms with van der Waals surface area (Å²) in [7, 11) is 0. The Kier molecular flexibility index (Phi) is 5.49. The maximum Gasteiger partial charge on any atom is 0.294 e. The van der Waals surface area contributed by atoms with Gasteiger partial charge in [-0.05, 0) is 35.6 Å². The van der Waals surface area contributed by atoms with Gasteiger partial charge in [0, 0.05) is 11.4 Å². The second-order valence-corrected chi connectivity index (χ2v) is 7.88. The summed E-state index contributed by atoms with van der Waals surface area (Å²) in [5, 5.41) is 4.43. The van der Waals surface area contributed by atoms with Gasteiger partial charge < -0.3 is 14.7 Å². The van der Waals surface area contributed by atoms with E-state index in [1.807, 2.05) is 24.3 Å². The van der Waals surface area contributed by atoms with Crippen LogP contribution in [-0.4, -0.2) is 9.97 Å². The molecule has 2 heterocycles. The summed E-state index contributed by atoms with van der Waals surface area (Å²) in [5.74, 6) is 1.01. The van der Waals surface area contributed by atoms with Gasteiger partial charge in [0.25, 0.3) is 5.56 Å². The lowest BCUT2D eigenvalue weighted by atomic mass is 9.94. The fourth-order valence-electron chi connectivity index (χ4n) is 3.86. The van der Waals surface area contributed by atoms with Crippen LogP contribution in [0.25, 0.3) is 22.1 Å². The molecule has 0 radical (unpaired) electrons. The van der Waals surface area contributed by atoms with Crippen LogP contribution >= 0.6 is 0 Å². The number of rotatable bonds is 7. The molecule has 0 aliphatic carbocycles. The predicted octanol–water partition coefficient (Wildman–Crippen LogP) is 5.11. The van der Waals surface area contributed by atoms with E-state index in [-0.39, 0.29) is 17.2 Å². The molecular weight excluding hydrogens is 362 g/mol. The summed E-state index contributed by atoms with van der Waals surface area (Å²) < 4.78 is 5.68. The normalized spacial score (nSPS) is 12.8. The quantitative estimate of drug-likeness (QED) is 0.461. The Morgan fingerprint density at radius 1 is 1.10 bits per heavy atom. The molecule has 4 aromatic rings. The number of aromatic nitrogens is 2. The second-order valence-electron chi connectivity index (χ2n) is 7.88. The average Bonchev–Trinajstić information content (AvgIpc) is 3.09. The lowest BCUT2D eigenvalue weighted by Gasteiger charge is -2.23. The van der Waals surface area contributed by atoms with Crippen LogP contribution in [0.15, 0.2) is 57.7 Å². The van der Waals surface area contributed by atoms with E-state index in [0.29, 0.717) is 29.4 Å². The van der Waals surface area contributed by atoms with Crippen molar-refractivity contribution in [1.82, 2.24) is 15.3 Å². The molecule has 0 spiro atoms. The lowest BCUT2D eigenvalue weighted by Crippen LogP contribution is -2.27. The summed E-state index contributed by atoms with van der Waals surface area (Å²) >= 11 is 0. The molecule has 2 N–H and O–H groups in total. The summed E-state index contributed by atoms with van der Waals surface area (Å²) in [6, 6.07) is 16.6. The lowest BCUT2D eigenvalue weighted by molar-refractivity contribution is 0.406. The number of nitrogens with zero attached hydrogens (tertiary/aromatic N) is 1. The standard InChI is InChI=1S/C24H27N3O2/c1-4-7-16-10-12-17(13-11-16)21(15(2)3)25-14-20-26-22-18-8-5-6-9-19(18)29-23(22)24(28)27-20/h5-6,8-13,15,21,25H,4,7,14H2,1-3H3,(H,26,27,28)/t21-/m0/s1. The van der Waals surface area contributed by atoms with Crippen molar-refractivity contribution in [2.75, 3.05) is 0 Å². The number of hydrogen-bond acceptors (Lipinski definition) is 4. The molecule has 5 heteroatoms. The van der Waals surface area contributed by atoms with Gasteiger partial charge in [-0.3, -0.25) is 4.79 Å². The van der Waals surface area contributed by atoms with Crippen LogP contribution in [0, 0.1) is 5.92 Å². The van der Waals surface area contributed by atoms with Crippen LogP contribution in [-0.2, 0) is 13.0 Å². The zero-order valence-corrected chi connectivity index (χ0v) is 17.2. The molecular formula is C24H27N3O2. The zero-order valence-electron chi connectivity index (χ0n) is 17.2. The zero-order chi connectivity index (χ0) is 20.4. The topological polar surface area (TPSA) is 70.9 Å². The van der Waals surface area contributed by atoms with Crippen LogP contribution in [0.5, 0.6) is 0 Å². The molecule has 0 saturated heterocycles. The predicted molar refractivity (Wildman–Crippen MR) is 117 cm³/mol. The summed E-state index contributed by atoms with van der Waals surface area (Å²) in [5.41, 5.74) is 3.94. The number of H-pyrrole nitrogens is 1. The van der Waals surface area contributed by atoms with Gasteiger partial charge in [-0.15, -0.1) is 0 Å². The Morgan fingerprint density at radius 3 is 2.59 bits per heavy atom. The number of nitrogens with one attached hydrogen (secondary N) is 2. The fraction of sp³-hybridized carbons (Fsp3) is 0.333. The molecule has 0 saturated carbocycles. The van der Waals surface area contributed by atoms with Gasteiger partial charge in [0.2, 0.25) is 5.58 Å². The van der Waals surface area contributed by atoms with Crippen molar-refractivity contribution >= 4 is 22.1 Å². The van der Waals surface area contributed by atoms with E-state index in [4.69, 9.17) is 4.42 Å². The van der Waals surface area contributed by atoms with E-state index in [1.165, 1.54) is 11.1 Å². The minimum absolute atomic E-state index is 0.174. The Balaban J connectivity index is 1.59. The number of para-hydroxylation sites is 1. The molecule has 0 aliphatic rings. The van der Waals surface area contributed by atoms with Crippen molar-refractivity contribution in [3.05, 3.63) is 75.8 Å². The molecule has 29 heavy (non-hydrogen) atoms. The van der Waals surface area contributed by atoms with Gasteiger partial charge in [0.1, 0.15) is 16.9 Å². The van der Waals surface area contributed by atoms with Gasteiger partial charge in [-0.1, -0.05) is 63.6 Å². The van der Waals surface area contributed by atoms with Crippen molar-refractivity contribution in [2.45, 2.75) is 46.2 Å². The van der Waals surface area contributed by atoms with Gasteiger partial charge >= 0.3 is 0 Å². The first-order valence-electron chi connectivity index (χ1n) is 10.3. The first kappa shape index (κ1) is 19.4. The Hall–Kier alpha value is -2.92. The molecule has 0 amide bonds. The van der Waals surface area contributed by atoms with Gasteiger partial charge in [-0.25, -0.2) is 4.98 Å². The Morgan fingerprint density at radius 2 is 1.86 bits per heavy atom. The average molecular weight is 389 g/mol. The first-order chi connectivity index (χ1) is 14.1. The van der Waals surface area contributed by atoms with E-state index in [2.05, 4.69) is 60.3 Å². The second kappa shape index (κ2) is 8.21.